The Balaban J connectivity index is 0.00000288. The number of guanidine groups is 1. The summed E-state index contributed by atoms with van der Waals surface area (Å²) in [5.41, 5.74) is 2.21. The van der Waals surface area contributed by atoms with Crippen LogP contribution < -0.4 is 5.32 Å². The van der Waals surface area contributed by atoms with Crippen molar-refractivity contribution in [2.45, 2.75) is 39.8 Å². The SMILES string of the molecule is CCNC(=NCc1cc(C(C)C)no1)N(C)Cc1cccn1C.I. The lowest BCUT2D eigenvalue weighted by Gasteiger charge is -2.22. The van der Waals surface area contributed by atoms with Gasteiger partial charge in [-0.3, -0.25) is 0 Å². The minimum Gasteiger partial charge on any atom is -0.359 e. The molecule has 0 bridgehead atoms. The molecule has 0 saturated carbocycles. The van der Waals surface area contributed by atoms with Crippen molar-refractivity contribution in [2.24, 2.45) is 12.0 Å². The third-order valence-corrected chi connectivity index (χ3v) is 3.70. The third kappa shape index (κ3) is 5.54. The average molecular weight is 445 g/mol. The van der Waals surface area contributed by atoms with E-state index in [1.807, 2.05) is 13.1 Å². The second-order valence-corrected chi connectivity index (χ2v) is 6.01. The molecule has 1 N–H and O–H groups in total. The molecule has 0 amide bonds. The van der Waals surface area contributed by atoms with Gasteiger partial charge in [-0.2, -0.15) is 0 Å². The molecule has 2 rings (SSSR count). The first-order valence-electron chi connectivity index (χ1n) is 8.06. The Kier molecular flexibility index (Phi) is 8.30. The predicted octanol–water partition coefficient (Wildman–Crippen LogP) is 3.35. The summed E-state index contributed by atoms with van der Waals surface area (Å²) in [6.07, 6.45) is 2.05. The van der Waals surface area contributed by atoms with E-state index in [1.165, 1.54) is 5.69 Å². The van der Waals surface area contributed by atoms with Gasteiger partial charge in [0.25, 0.3) is 0 Å². The molecular formula is C17H28IN5O. The monoisotopic (exact) mass is 445 g/mol. The highest BCUT2D eigenvalue weighted by atomic mass is 127. The highest BCUT2D eigenvalue weighted by Crippen LogP contribution is 2.14. The molecular weight excluding hydrogens is 417 g/mol. The zero-order valence-electron chi connectivity index (χ0n) is 15.1. The highest BCUT2D eigenvalue weighted by molar-refractivity contribution is 14.0. The van der Waals surface area contributed by atoms with Gasteiger partial charge in [0.15, 0.2) is 11.7 Å². The summed E-state index contributed by atoms with van der Waals surface area (Å²) in [6, 6.07) is 6.15. The number of hydrogen-bond acceptors (Lipinski definition) is 3. The minimum atomic E-state index is 0. The van der Waals surface area contributed by atoms with Crippen molar-refractivity contribution in [1.82, 2.24) is 19.9 Å². The van der Waals surface area contributed by atoms with Crippen LogP contribution in [-0.4, -0.2) is 34.2 Å². The standard InChI is InChI=1S/C17H27N5O.HI/c1-6-18-17(22(5)12-14-8-7-9-21(14)4)19-11-15-10-16(13(2)3)20-23-15;/h7-10,13H,6,11-12H2,1-5H3,(H,18,19);1H. The second kappa shape index (κ2) is 9.71. The van der Waals surface area contributed by atoms with Gasteiger partial charge in [-0.25, -0.2) is 4.99 Å². The molecule has 0 radical (unpaired) electrons. The van der Waals surface area contributed by atoms with E-state index in [0.29, 0.717) is 12.5 Å². The van der Waals surface area contributed by atoms with Crippen LogP contribution >= 0.6 is 24.0 Å². The lowest BCUT2D eigenvalue weighted by Crippen LogP contribution is -2.38. The molecule has 2 heterocycles. The predicted molar refractivity (Wildman–Crippen MR) is 108 cm³/mol. The average Bonchev–Trinajstić information content (AvgIpc) is 3.13. The van der Waals surface area contributed by atoms with E-state index < -0.39 is 0 Å². The smallest absolute Gasteiger partial charge is 0.194 e. The third-order valence-electron chi connectivity index (χ3n) is 3.70. The van der Waals surface area contributed by atoms with Crippen molar-refractivity contribution in [3.63, 3.8) is 0 Å². The van der Waals surface area contributed by atoms with Crippen molar-refractivity contribution >= 4 is 29.9 Å². The normalized spacial score (nSPS) is 11.5. The molecule has 2 aromatic heterocycles. The van der Waals surface area contributed by atoms with Gasteiger partial charge in [-0.15, -0.1) is 24.0 Å². The van der Waals surface area contributed by atoms with Crippen LogP contribution in [0, 0.1) is 0 Å². The maximum Gasteiger partial charge on any atom is 0.194 e. The fraction of sp³-hybridized carbons (Fsp3) is 0.529. The fourth-order valence-corrected chi connectivity index (χ4v) is 2.28. The molecule has 0 aliphatic carbocycles. The molecule has 0 spiro atoms. The molecule has 0 saturated heterocycles. The fourth-order valence-electron chi connectivity index (χ4n) is 2.28. The summed E-state index contributed by atoms with van der Waals surface area (Å²) in [7, 11) is 4.09. The Labute approximate surface area is 161 Å². The van der Waals surface area contributed by atoms with Gasteiger partial charge in [-0.1, -0.05) is 19.0 Å². The Hall–Kier alpha value is -1.51. The number of hydrogen-bond donors (Lipinski definition) is 1. The van der Waals surface area contributed by atoms with Crippen LogP contribution in [-0.2, 0) is 20.1 Å². The number of aromatic nitrogens is 2. The van der Waals surface area contributed by atoms with Gasteiger partial charge in [0.05, 0.1) is 12.2 Å². The van der Waals surface area contributed by atoms with Gasteiger partial charge in [0.1, 0.15) is 6.54 Å². The summed E-state index contributed by atoms with van der Waals surface area (Å²) in [5, 5.41) is 7.39. The van der Waals surface area contributed by atoms with Crippen molar-refractivity contribution in [3.05, 3.63) is 41.5 Å². The van der Waals surface area contributed by atoms with E-state index in [9.17, 15) is 0 Å². The van der Waals surface area contributed by atoms with Crippen molar-refractivity contribution in [2.75, 3.05) is 13.6 Å². The van der Waals surface area contributed by atoms with E-state index in [0.717, 1.165) is 30.5 Å². The molecule has 0 unspecified atom stereocenters. The van der Waals surface area contributed by atoms with Gasteiger partial charge in [0, 0.05) is 38.6 Å². The Bertz CT molecular complexity index is 647. The number of nitrogens with zero attached hydrogens (tertiary/aromatic N) is 4. The maximum absolute atomic E-state index is 5.35. The van der Waals surface area contributed by atoms with Crippen LogP contribution in [0.3, 0.4) is 0 Å². The quantitative estimate of drug-likeness (QED) is 0.421. The topological polar surface area (TPSA) is 58.6 Å². The van der Waals surface area contributed by atoms with E-state index in [-0.39, 0.29) is 24.0 Å². The lowest BCUT2D eigenvalue weighted by atomic mass is 10.1. The van der Waals surface area contributed by atoms with E-state index in [4.69, 9.17) is 4.52 Å². The van der Waals surface area contributed by atoms with E-state index >= 15 is 0 Å². The number of halogens is 1. The van der Waals surface area contributed by atoms with Crippen molar-refractivity contribution in [1.29, 1.82) is 0 Å². The van der Waals surface area contributed by atoms with Crippen LogP contribution in [0.25, 0.3) is 0 Å². The zero-order chi connectivity index (χ0) is 16.8. The molecule has 0 aromatic carbocycles. The Morgan fingerprint density at radius 3 is 2.75 bits per heavy atom. The van der Waals surface area contributed by atoms with Crippen molar-refractivity contribution in [3.8, 4) is 0 Å². The van der Waals surface area contributed by atoms with Gasteiger partial charge in [0.2, 0.25) is 0 Å². The summed E-state index contributed by atoms with van der Waals surface area (Å²) < 4.78 is 7.47. The molecule has 24 heavy (non-hydrogen) atoms. The van der Waals surface area contributed by atoms with Gasteiger partial charge in [-0.05, 0) is 25.0 Å². The van der Waals surface area contributed by atoms with Crippen molar-refractivity contribution < 1.29 is 4.52 Å². The first-order chi connectivity index (χ1) is 11.0. The molecule has 0 aliphatic heterocycles. The number of rotatable bonds is 6. The molecule has 7 heteroatoms. The van der Waals surface area contributed by atoms with E-state index in [1.54, 1.807) is 0 Å². The molecule has 6 nitrogen and oxygen atoms in total. The summed E-state index contributed by atoms with van der Waals surface area (Å²) >= 11 is 0. The number of aliphatic imine (C=N–C) groups is 1. The lowest BCUT2D eigenvalue weighted by molar-refractivity contribution is 0.375. The van der Waals surface area contributed by atoms with Crippen LogP contribution in [0.2, 0.25) is 0 Å². The second-order valence-electron chi connectivity index (χ2n) is 6.01. The molecule has 134 valence electrons. The largest absolute Gasteiger partial charge is 0.359 e. The first-order valence-corrected chi connectivity index (χ1v) is 8.06. The van der Waals surface area contributed by atoms with E-state index in [2.05, 4.69) is 71.1 Å². The maximum atomic E-state index is 5.35. The number of nitrogens with one attached hydrogen (secondary N) is 1. The van der Waals surface area contributed by atoms with Crippen LogP contribution in [0.15, 0.2) is 33.9 Å². The highest BCUT2D eigenvalue weighted by Gasteiger charge is 2.10. The Morgan fingerprint density at radius 2 is 2.21 bits per heavy atom. The minimum absolute atomic E-state index is 0. The summed E-state index contributed by atoms with van der Waals surface area (Å²) in [5.74, 6) is 2.01. The van der Waals surface area contributed by atoms with Crippen LogP contribution in [0.4, 0.5) is 0 Å². The molecule has 2 aromatic rings. The Morgan fingerprint density at radius 1 is 1.46 bits per heavy atom. The zero-order valence-corrected chi connectivity index (χ0v) is 17.4. The van der Waals surface area contributed by atoms with Gasteiger partial charge >= 0.3 is 0 Å². The van der Waals surface area contributed by atoms with Gasteiger partial charge < -0.3 is 19.3 Å². The summed E-state index contributed by atoms with van der Waals surface area (Å²) in [6.45, 7) is 8.37. The number of aryl methyl sites for hydroxylation is 1. The van der Waals surface area contributed by atoms with Crippen LogP contribution in [0.5, 0.6) is 0 Å². The summed E-state index contributed by atoms with van der Waals surface area (Å²) in [4.78, 5) is 6.76. The molecule has 0 aliphatic rings. The first kappa shape index (κ1) is 20.5. The molecule has 0 atom stereocenters. The molecule has 0 fully saturated rings. The van der Waals surface area contributed by atoms with Crippen LogP contribution in [0.1, 0.15) is 43.8 Å².